The molecule has 0 aliphatic rings. The summed E-state index contributed by atoms with van der Waals surface area (Å²) < 4.78 is 2.99. The predicted octanol–water partition coefficient (Wildman–Crippen LogP) is 5.68. The van der Waals surface area contributed by atoms with Gasteiger partial charge in [0.1, 0.15) is 5.82 Å². The topological polar surface area (TPSA) is 104 Å². The summed E-state index contributed by atoms with van der Waals surface area (Å²) in [6.45, 7) is 3.29. The first-order valence-electron chi connectivity index (χ1n) is 13.0. The molecule has 40 heavy (non-hydrogen) atoms. The van der Waals surface area contributed by atoms with E-state index in [1.165, 1.54) is 11.3 Å². The molecule has 0 spiro atoms. The average molecular weight is 549 g/mol. The molecule has 0 fully saturated rings. The minimum atomic E-state index is -0.143. The number of thiophene rings is 1. The van der Waals surface area contributed by atoms with Crippen molar-refractivity contribution in [2.24, 2.45) is 0 Å². The van der Waals surface area contributed by atoms with Gasteiger partial charge in [0.05, 0.1) is 23.1 Å². The molecule has 9 heteroatoms. The minimum absolute atomic E-state index is 0.0134. The second-order valence-electron chi connectivity index (χ2n) is 9.39. The number of rotatable bonds is 10. The molecule has 0 saturated heterocycles. The summed E-state index contributed by atoms with van der Waals surface area (Å²) in [4.78, 5) is 37.1. The number of nitrogens with zero attached hydrogens (tertiary/aromatic N) is 5. The normalized spacial score (nSPS) is 10.8. The molecule has 200 valence electrons. The van der Waals surface area contributed by atoms with Gasteiger partial charge in [0.15, 0.2) is 0 Å². The number of nitriles is 1. The van der Waals surface area contributed by atoms with Crippen LogP contribution in [-0.2, 0) is 24.4 Å². The van der Waals surface area contributed by atoms with Crippen molar-refractivity contribution in [2.75, 3.05) is 4.90 Å². The number of amides is 2. The van der Waals surface area contributed by atoms with Crippen LogP contribution in [0.3, 0.4) is 0 Å². The van der Waals surface area contributed by atoms with E-state index in [1.54, 1.807) is 35.6 Å². The summed E-state index contributed by atoms with van der Waals surface area (Å²) in [5.74, 6) is 0.629. The summed E-state index contributed by atoms with van der Waals surface area (Å²) in [6, 6.07) is 21.1. The van der Waals surface area contributed by atoms with Crippen LogP contribution in [0.15, 0.2) is 85.5 Å². The zero-order valence-electron chi connectivity index (χ0n) is 22.1. The Hall–Kier alpha value is -4.81. The van der Waals surface area contributed by atoms with Crippen LogP contribution in [0.2, 0.25) is 0 Å². The number of fused-ring (bicyclic) bond motifs is 1. The van der Waals surface area contributed by atoms with Gasteiger partial charge in [0.2, 0.25) is 5.91 Å². The molecule has 0 atom stereocenters. The second-order valence-corrected chi connectivity index (χ2v) is 10.5. The third-order valence-corrected chi connectivity index (χ3v) is 7.63. The number of carbonyl (C=O) groups is 2. The van der Waals surface area contributed by atoms with Gasteiger partial charge in [-0.05, 0) is 65.4 Å². The van der Waals surface area contributed by atoms with E-state index in [0.717, 1.165) is 39.1 Å². The van der Waals surface area contributed by atoms with Gasteiger partial charge in [-0.15, -0.1) is 11.3 Å². The maximum absolute atomic E-state index is 13.3. The molecule has 5 rings (SSSR count). The first-order chi connectivity index (χ1) is 19.5. The van der Waals surface area contributed by atoms with E-state index in [-0.39, 0.29) is 11.8 Å². The Labute approximate surface area is 236 Å². The van der Waals surface area contributed by atoms with Crippen LogP contribution in [0.5, 0.6) is 0 Å². The van der Waals surface area contributed by atoms with Gasteiger partial charge in [-0.3, -0.25) is 14.6 Å². The van der Waals surface area contributed by atoms with Crippen molar-refractivity contribution in [1.82, 2.24) is 19.9 Å². The number of hydrogen-bond donors (Lipinski definition) is 1. The Morgan fingerprint density at radius 1 is 1.07 bits per heavy atom. The Balaban J connectivity index is 1.36. The molecule has 3 heterocycles. The SMILES string of the molecule is CCCC(=O)N(Cc1nccn1Cc1ccc(C#N)cc1)c1ccc2sc(C(=O)NCc3cccnc3)cc2c1. The number of nitrogens with one attached hydrogen (secondary N) is 1. The Morgan fingerprint density at radius 3 is 2.67 bits per heavy atom. The molecular weight excluding hydrogens is 520 g/mol. The van der Waals surface area contributed by atoms with E-state index < -0.39 is 0 Å². The Kier molecular flexibility index (Phi) is 8.28. The quantitative estimate of drug-likeness (QED) is 0.242. The highest BCUT2D eigenvalue weighted by Crippen LogP contribution is 2.31. The molecule has 2 aromatic carbocycles. The molecule has 0 radical (unpaired) electrons. The lowest BCUT2D eigenvalue weighted by Gasteiger charge is -2.23. The van der Waals surface area contributed by atoms with Crippen LogP contribution in [0.25, 0.3) is 10.1 Å². The number of anilines is 1. The molecule has 1 N–H and O–H groups in total. The number of imidazole rings is 1. The van der Waals surface area contributed by atoms with Crippen LogP contribution in [0.4, 0.5) is 5.69 Å². The van der Waals surface area contributed by atoms with Crippen LogP contribution in [-0.4, -0.2) is 26.3 Å². The third kappa shape index (κ3) is 6.25. The lowest BCUT2D eigenvalue weighted by Crippen LogP contribution is -2.31. The summed E-state index contributed by atoms with van der Waals surface area (Å²) in [5.41, 5.74) is 3.35. The molecule has 3 aromatic heterocycles. The van der Waals surface area contributed by atoms with E-state index in [2.05, 4.69) is 21.4 Å². The maximum atomic E-state index is 13.3. The van der Waals surface area contributed by atoms with Crippen molar-refractivity contribution < 1.29 is 9.59 Å². The van der Waals surface area contributed by atoms with Crippen molar-refractivity contribution in [1.29, 1.82) is 5.26 Å². The van der Waals surface area contributed by atoms with Crippen LogP contribution >= 0.6 is 11.3 Å². The van der Waals surface area contributed by atoms with Crippen molar-refractivity contribution in [3.05, 3.63) is 113 Å². The number of hydrogen-bond acceptors (Lipinski definition) is 6. The van der Waals surface area contributed by atoms with E-state index in [1.807, 2.05) is 66.2 Å². The van der Waals surface area contributed by atoms with Gasteiger partial charge in [0, 0.05) is 54.7 Å². The summed E-state index contributed by atoms with van der Waals surface area (Å²) in [6.07, 6.45) is 8.21. The number of aromatic nitrogens is 3. The highest BCUT2D eigenvalue weighted by molar-refractivity contribution is 7.20. The van der Waals surface area contributed by atoms with Crippen molar-refractivity contribution in [3.63, 3.8) is 0 Å². The minimum Gasteiger partial charge on any atom is -0.347 e. The van der Waals surface area contributed by atoms with E-state index >= 15 is 0 Å². The van der Waals surface area contributed by atoms with Crippen molar-refractivity contribution in [2.45, 2.75) is 39.4 Å². The van der Waals surface area contributed by atoms with Gasteiger partial charge >= 0.3 is 0 Å². The van der Waals surface area contributed by atoms with Crippen LogP contribution in [0.1, 0.15) is 52.0 Å². The predicted molar refractivity (Wildman–Crippen MR) is 156 cm³/mol. The number of benzene rings is 2. The lowest BCUT2D eigenvalue weighted by molar-refractivity contribution is -0.118. The zero-order chi connectivity index (χ0) is 27.9. The molecular formula is C31H28N6O2S. The largest absolute Gasteiger partial charge is 0.347 e. The third-order valence-electron chi connectivity index (χ3n) is 6.51. The fraction of sp³-hybridized carbons (Fsp3) is 0.194. The molecule has 0 unspecified atom stereocenters. The molecule has 0 saturated carbocycles. The maximum Gasteiger partial charge on any atom is 0.261 e. The second kappa shape index (κ2) is 12.4. The van der Waals surface area contributed by atoms with Crippen LogP contribution < -0.4 is 10.2 Å². The molecule has 0 aliphatic carbocycles. The van der Waals surface area contributed by atoms with Gasteiger partial charge < -0.3 is 14.8 Å². The Bertz CT molecular complexity index is 1670. The zero-order valence-corrected chi connectivity index (χ0v) is 22.9. The molecule has 2 amide bonds. The standard InChI is InChI=1S/C31H28N6O2S/c1-2-4-30(38)37(21-29-34-13-14-36(29)20-23-8-6-22(17-32)7-9-23)26-10-11-27-25(15-26)16-28(40-27)31(39)35-19-24-5-3-12-33-18-24/h3,5-16,18H,2,4,19-21H2,1H3,(H,35,39). The summed E-state index contributed by atoms with van der Waals surface area (Å²) >= 11 is 1.42. The Morgan fingerprint density at radius 2 is 1.93 bits per heavy atom. The first-order valence-corrected chi connectivity index (χ1v) is 13.9. The van der Waals surface area contributed by atoms with Gasteiger partial charge in [-0.2, -0.15) is 5.26 Å². The lowest BCUT2D eigenvalue weighted by atomic mass is 10.1. The first kappa shape index (κ1) is 26.8. The molecule has 8 nitrogen and oxygen atoms in total. The fourth-order valence-corrected chi connectivity index (χ4v) is 5.37. The van der Waals surface area contributed by atoms with Crippen molar-refractivity contribution in [3.8, 4) is 6.07 Å². The summed E-state index contributed by atoms with van der Waals surface area (Å²) in [5, 5.41) is 12.9. The number of pyridine rings is 1. The molecule has 0 aliphatic heterocycles. The number of carbonyl (C=O) groups excluding carboxylic acids is 2. The van der Waals surface area contributed by atoms with E-state index in [9.17, 15) is 9.59 Å². The van der Waals surface area contributed by atoms with E-state index in [4.69, 9.17) is 5.26 Å². The van der Waals surface area contributed by atoms with Crippen molar-refractivity contribution >= 4 is 38.9 Å². The highest BCUT2D eigenvalue weighted by atomic mass is 32.1. The van der Waals surface area contributed by atoms with Gasteiger partial charge in [-0.25, -0.2) is 4.98 Å². The van der Waals surface area contributed by atoms with Crippen LogP contribution in [0, 0.1) is 11.3 Å². The molecule has 0 bridgehead atoms. The molecule has 5 aromatic rings. The van der Waals surface area contributed by atoms with E-state index in [0.29, 0.717) is 36.5 Å². The summed E-state index contributed by atoms with van der Waals surface area (Å²) in [7, 11) is 0. The fourth-order valence-electron chi connectivity index (χ4n) is 4.41. The van der Waals surface area contributed by atoms with Gasteiger partial charge in [0.25, 0.3) is 5.91 Å². The highest BCUT2D eigenvalue weighted by Gasteiger charge is 2.20. The smallest absolute Gasteiger partial charge is 0.261 e. The van der Waals surface area contributed by atoms with Gasteiger partial charge in [-0.1, -0.05) is 25.1 Å². The monoisotopic (exact) mass is 548 g/mol. The average Bonchev–Trinajstić information content (AvgIpc) is 3.62.